The van der Waals surface area contributed by atoms with Crippen LogP contribution in [0.15, 0.2) is 33.9 Å². The standard InChI is InChI=1S/C23H32N4O5/c1-5-7-13-26(19-20(24)27(12-6-2)23(31)25-21(19)29)18(28)14-32-22(30)17-10-8-16(9-11-17)15(3)4/h8-11,15H,5-7,12-14,24H2,1-4H3,(H,25,29,31). The number of carbonyl (C=O) groups excluding carboxylic acids is 2. The molecule has 0 bridgehead atoms. The lowest BCUT2D eigenvalue weighted by molar-refractivity contribution is -0.121. The molecule has 1 aromatic heterocycles. The van der Waals surface area contributed by atoms with Crippen LogP contribution in [-0.4, -0.2) is 34.6 Å². The predicted octanol–water partition coefficient (Wildman–Crippen LogP) is 2.64. The van der Waals surface area contributed by atoms with E-state index in [0.29, 0.717) is 30.9 Å². The Morgan fingerprint density at radius 3 is 2.34 bits per heavy atom. The van der Waals surface area contributed by atoms with E-state index in [1.54, 1.807) is 12.1 Å². The quantitative estimate of drug-likeness (QED) is 0.542. The first-order chi connectivity index (χ1) is 15.2. The van der Waals surface area contributed by atoms with Gasteiger partial charge in [-0.25, -0.2) is 9.59 Å². The SMILES string of the molecule is CCCCN(C(=O)COC(=O)c1ccc(C(C)C)cc1)c1c(N)n(CCC)c(=O)[nH]c1=O. The van der Waals surface area contributed by atoms with Gasteiger partial charge in [0.25, 0.3) is 11.5 Å². The Bertz CT molecular complexity index is 1050. The Balaban J connectivity index is 2.25. The van der Waals surface area contributed by atoms with Gasteiger partial charge in [0.15, 0.2) is 12.3 Å². The number of nitrogen functional groups attached to an aromatic ring is 1. The number of aromatic amines is 1. The minimum Gasteiger partial charge on any atom is -0.452 e. The molecule has 3 N–H and O–H groups in total. The molecule has 0 unspecified atom stereocenters. The summed E-state index contributed by atoms with van der Waals surface area (Å²) in [7, 11) is 0. The number of H-pyrrole nitrogens is 1. The number of ether oxygens (including phenoxy) is 1. The van der Waals surface area contributed by atoms with Gasteiger partial charge in [-0.2, -0.15) is 0 Å². The average molecular weight is 445 g/mol. The zero-order chi connectivity index (χ0) is 23.8. The third kappa shape index (κ3) is 5.87. The Morgan fingerprint density at radius 1 is 1.12 bits per heavy atom. The minimum absolute atomic E-state index is 0.0827. The van der Waals surface area contributed by atoms with E-state index in [4.69, 9.17) is 10.5 Å². The van der Waals surface area contributed by atoms with Gasteiger partial charge in [0.05, 0.1) is 5.56 Å². The van der Waals surface area contributed by atoms with Gasteiger partial charge in [-0.05, 0) is 36.5 Å². The molecule has 9 heteroatoms. The van der Waals surface area contributed by atoms with Crippen LogP contribution in [0.4, 0.5) is 11.5 Å². The molecule has 0 aliphatic heterocycles. The maximum Gasteiger partial charge on any atom is 0.338 e. The van der Waals surface area contributed by atoms with Crippen LogP contribution in [0.5, 0.6) is 0 Å². The number of amides is 1. The van der Waals surface area contributed by atoms with Crippen LogP contribution in [0.2, 0.25) is 0 Å². The zero-order valence-electron chi connectivity index (χ0n) is 19.1. The van der Waals surface area contributed by atoms with Gasteiger partial charge in [0.2, 0.25) is 0 Å². The number of nitrogens with one attached hydrogen (secondary N) is 1. The number of nitrogens with two attached hydrogens (primary N) is 1. The first kappa shape index (κ1) is 24.9. The van der Waals surface area contributed by atoms with Crippen molar-refractivity contribution in [3.8, 4) is 0 Å². The van der Waals surface area contributed by atoms with Crippen LogP contribution in [0.1, 0.15) is 68.8 Å². The van der Waals surface area contributed by atoms with Gasteiger partial charge < -0.3 is 15.4 Å². The summed E-state index contributed by atoms with van der Waals surface area (Å²) < 4.78 is 6.43. The van der Waals surface area contributed by atoms with Crippen LogP contribution in [0.25, 0.3) is 0 Å². The Kier molecular flexibility index (Phi) is 8.80. The highest BCUT2D eigenvalue weighted by molar-refractivity contribution is 5.98. The van der Waals surface area contributed by atoms with Crippen LogP contribution in [0.3, 0.4) is 0 Å². The summed E-state index contributed by atoms with van der Waals surface area (Å²) in [5.41, 5.74) is 6.04. The number of unbranched alkanes of at least 4 members (excludes halogenated alkanes) is 1. The summed E-state index contributed by atoms with van der Waals surface area (Å²) >= 11 is 0. The van der Waals surface area contributed by atoms with Crippen molar-refractivity contribution < 1.29 is 14.3 Å². The molecule has 1 aromatic carbocycles. The van der Waals surface area contributed by atoms with E-state index in [-0.39, 0.29) is 18.1 Å². The van der Waals surface area contributed by atoms with Gasteiger partial charge in [0, 0.05) is 13.1 Å². The number of benzene rings is 1. The largest absolute Gasteiger partial charge is 0.452 e. The lowest BCUT2D eigenvalue weighted by Gasteiger charge is -2.24. The second kappa shape index (κ2) is 11.3. The van der Waals surface area contributed by atoms with Crippen molar-refractivity contribution in [2.75, 3.05) is 23.8 Å². The lowest BCUT2D eigenvalue weighted by Crippen LogP contribution is -2.43. The fraction of sp³-hybridized carbons (Fsp3) is 0.478. The molecule has 2 aromatic rings. The van der Waals surface area contributed by atoms with Gasteiger partial charge >= 0.3 is 11.7 Å². The number of hydrogen-bond donors (Lipinski definition) is 2. The third-order valence-corrected chi connectivity index (χ3v) is 5.11. The summed E-state index contributed by atoms with van der Waals surface area (Å²) in [5, 5.41) is 0. The molecule has 1 heterocycles. The Labute approximate surface area is 187 Å². The van der Waals surface area contributed by atoms with Crippen LogP contribution in [-0.2, 0) is 16.1 Å². The number of anilines is 2. The smallest absolute Gasteiger partial charge is 0.338 e. The summed E-state index contributed by atoms with van der Waals surface area (Å²) in [6, 6.07) is 6.99. The maximum absolute atomic E-state index is 12.9. The molecule has 0 atom stereocenters. The van der Waals surface area contributed by atoms with E-state index in [0.717, 1.165) is 12.0 Å². The molecule has 0 radical (unpaired) electrons. The van der Waals surface area contributed by atoms with E-state index in [2.05, 4.69) is 4.98 Å². The predicted molar refractivity (Wildman–Crippen MR) is 124 cm³/mol. The van der Waals surface area contributed by atoms with Crippen molar-refractivity contribution in [3.05, 3.63) is 56.2 Å². The molecule has 2 rings (SSSR count). The van der Waals surface area contributed by atoms with Crippen LogP contribution >= 0.6 is 0 Å². The molecule has 0 aliphatic rings. The van der Waals surface area contributed by atoms with E-state index in [1.807, 2.05) is 39.8 Å². The number of hydrogen-bond acceptors (Lipinski definition) is 6. The fourth-order valence-corrected chi connectivity index (χ4v) is 3.25. The molecule has 32 heavy (non-hydrogen) atoms. The number of nitrogens with zero attached hydrogens (tertiary/aromatic N) is 2. The van der Waals surface area contributed by atoms with Crippen LogP contribution < -0.4 is 21.9 Å². The molecule has 0 spiro atoms. The zero-order valence-corrected chi connectivity index (χ0v) is 19.1. The maximum atomic E-state index is 12.9. The molecular formula is C23H32N4O5. The molecule has 0 saturated carbocycles. The van der Waals surface area contributed by atoms with E-state index >= 15 is 0 Å². The summed E-state index contributed by atoms with van der Waals surface area (Å²) in [6.45, 7) is 7.85. The highest BCUT2D eigenvalue weighted by atomic mass is 16.5. The Hall–Kier alpha value is -3.36. The van der Waals surface area contributed by atoms with Crippen LogP contribution in [0, 0.1) is 0 Å². The second-order valence-corrected chi connectivity index (χ2v) is 7.90. The molecule has 0 fully saturated rings. The van der Waals surface area contributed by atoms with Crippen molar-refractivity contribution in [2.45, 2.75) is 59.4 Å². The van der Waals surface area contributed by atoms with E-state index < -0.39 is 29.7 Å². The summed E-state index contributed by atoms with van der Waals surface area (Å²) in [4.78, 5) is 53.4. The fourth-order valence-electron chi connectivity index (χ4n) is 3.25. The topological polar surface area (TPSA) is 127 Å². The van der Waals surface area contributed by atoms with E-state index in [1.165, 1.54) is 9.47 Å². The summed E-state index contributed by atoms with van der Waals surface area (Å²) in [5.74, 6) is -0.986. The second-order valence-electron chi connectivity index (χ2n) is 7.90. The van der Waals surface area contributed by atoms with Crippen molar-refractivity contribution in [3.63, 3.8) is 0 Å². The van der Waals surface area contributed by atoms with Gasteiger partial charge in [-0.1, -0.05) is 46.2 Å². The van der Waals surface area contributed by atoms with Gasteiger partial charge in [-0.3, -0.25) is 19.1 Å². The highest BCUT2D eigenvalue weighted by Crippen LogP contribution is 2.19. The van der Waals surface area contributed by atoms with Crippen molar-refractivity contribution in [2.24, 2.45) is 0 Å². The first-order valence-corrected chi connectivity index (χ1v) is 10.9. The number of carbonyl (C=O) groups is 2. The van der Waals surface area contributed by atoms with Crippen molar-refractivity contribution in [1.29, 1.82) is 0 Å². The Morgan fingerprint density at radius 2 is 1.78 bits per heavy atom. The number of esters is 1. The molecule has 0 saturated heterocycles. The first-order valence-electron chi connectivity index (χ1n) is 10.9. The van der Waals surface area contributed by atoms with Crippen molar-refractivity contribution >= 4 is 23.4 Å². The summed E-state index contributed by atoms with van der Waals surface area (Å²) in [6.07, 6.45) is 1.98. The average Bonchev–Trinajstić information content (AvgIpc) is 2.76. The van der Waals surface area contributed by atoms with E-state index in [9.17, 15) is 19.2 Å². The van der Waals surface area contributed by atoms with Gasteiger partial charge in [0.1, 0.15) is 5.82 Å². The minimum atomic E-state index is -0.750. The van der Waals surface area contributed by atoms with Crippen molar-refractivity contribution in [1.82, 2.24) is 9.55 Å². The number of aromatic nitrogens is 2. The number of rotatable bonds is 10. The lowest BCUT2D eigenvalue weighted by atomic mass is 10.0. The molecule has 174 valence electrons. The third-order valence-electron chi connectivity index (χ3n) is 5.11. The highest BCUT2D eigenvalue weighted by Gasteiger charge is 2.25. The monoisotopic (exact) mass is 444 g/mol. The molecule has 0 aliphatic carbocycles. The normalized spacial score (nSPS) is 10.9. The van der Waals surface area contributed by atoms with Gasteiger partial charge in [-0.15, -0.1) is 0 Å². The molecule has 9 nitrogen and oxygen atoms in total. The molecule has 1 amide bonds. The molecular weight excluding hydrogens is 412 g/mol.